The standard InChI is InChI=1S/C11H10N/c1-8-6-9(2)10-4-3-5-12-11(10)7-8/h3,5-7H,1-2H3. The maximum absolute atomic E-state index is 4.27. The van der Waals surface area contributed by atoms with Gasteiger partial charge in [-0.05, 0) is 43.2 Å². The van der Waals surface area contributed by atoms with E-state index in [0.29, 0.717) is 0 Å². The molecule has 0 aliphatic rings. The first kappa shape index (κ1) is 7.29. The summed E-state index contributed by atoms with van der Waals surface area (Å²) >= 11 is 0. The van der Waals surface area contributed by atoms with Crippen LogP contribution in [-0.2, 0) is 0 Å². The average molecular weight is 156 g/mol. The molecule has 0 unspecified atom stereocenters. The van der Waals surface area contributed by atoms with Crippen LogP contribution in [0.25, 0.3) is 10.9 Å². The van der Waals surface area contributed by atoms with Gasteiger partial charge in [0.05, 0.1) is 5.52 Å². The maximum Gasteiger partial charge on any atom is 0.0713 e. The molecule has 1 heterocycles. The van der Waals surface area contributed by atoms with Crippen molar-refractivity contribution in [1.29, 1.82) is 0 Å². The molecule has 0 N–H and O–H groups in total. The smallest absolute Gasteiger partial charge is 0.0713 e. The Balaban J connectivity index is 2.89. The van der Waals surface area contributed by atoms with Gasteiger partial charge in [0.2, 0.25) is 0 Å². The van der Waals surface area contributed by atoms with Gasteiger partial charge in [0.25, 0.3) is 0 Å². The predicted octanol–water partition coefficient (Wildman–Crippen LogP) is 2.65. The Morgan fingerprint density at radius 3 is 2.92 bits per heavy atom. The van der Waals surface area contributed by atoms with Crippen LogP contribution in [0.15, 0.2) is 24.4 Å². The van der Waals surface area contributed by atoms with Gasteiger partial charge in [-0.15, -0.1) is 0 Å². The van der Waals surface area contributed by atoms with E-state index >= 15 is 0 Å². The summed E-state index contributed by atoms with van der Waals surface area (Å²) < 4.78 is 0. The van der Waals surface area contributed by atoms with Gasteiger partial charge in [-0.1, -0.05) is 6.07 Å². The third-order valence-corrected chi connectivity index (χ3v) is 1.97. The topological polar surface area (TPSA) is 12.9 Å². The van der Waals surface area contributed by atoms with E-state index in [2.05, 4.69) is 37.0 Å². The Labute approximate surface area is 72.1 Å². The number of fused-ring (bicyclic) bond motifs is 1. The van der Waals surface area contributed by atoms with Crippen LogP contribution in [0, 0.1) is 19.9 Å². The fourth-order valence-electron chi connectivity index (χ4n) is 1.47. The molecule has 59 valence electrons. The van der Waals surface area contributed by atoms with Gasteiger partial charge in [0, 0.05) is 11.6 Å². The summed E-state index contributed by atoms with van der Waals surface area (Å²) in [5.74, 6) is 0. The van der Waals surface area contributed by atoms with Crippen LogP contribution in [0.2, 0.25) is 0 Å². The highest BCUT2D eigenvalue weighted by Gasteiger charge is 1.97. The first-order valence-corrected chi connectivity index (χ1v) is 4.01. The van der Waals surface area contributed by atoms with E-state index in [1.807, 2.05) is 6.07 Å². The lowest BCUT2D eigenvalue weighted by Gasteiger charge is -2.01. The molecule has 2 aromatic rings. The van der Waals surface area contributed by atoms with Gasteiger partial charge < -0.3 is 0 Å². The van der Waals surface area contributed by atoms with Crippen molar-refractivity contribution in [2.24, 2.45) is 0 Å². The molecule has 2 rings (SSSR count). The Morgan fingerprint density at radius 2 is 2.08 bits per heavy atom. The molecule has 0 spiro atoms. The monoisotopic (exact) mass is 156 g/mol. The summed E-state index contributed by atoms with van der Waals surface area (Å²) in [6.07, 6.45) is 1.78. The molecule has 0 saturated carbocycles. The number of nitrogens with zero attached hydrogens (tertiary/aromatic N) is 1. The summed E-state index contributed by atoms with van der Waals surface area (Å²) in [6.45, 7) is 4.18. The Hall–Kier alpha value is -1.37. The quantitative estimate of drug-likeness (QED) is 0.571. The molecular weight excluding hydrogens is 146 g/mol. The lowest BCUT2D eigenvalue weighted by molar-refractivity contribution is 1.35. The summed E-state index contributed by atoms with van der Waals surface area (Å²) in [4.78, 5) is 4.27. The van der Waals surface area contributed by atoms with Crippen LogP contribution in [0.4, 0.5) is 0 Å². The molecule has 1 aromatic carbocycles. The highest BCUT2D eigenvalue weighted by molar-refractivity contribution is 5.81. The number of hydrogen-bond acceptors (Lipinski definition) is 1. The molecule has 12 heavy (non-hydrogen) atoms. The number of aromatic nitrogens is 1. The maximum atomic E-state index is 4.27. The summed E-state index contributed by atoms with van der Waals surface area (Å²) in [5.41, 5.74) is 3.54. The molecule has 1 nitrogen and oxygen atoms in total. The Kier molecular flexibility index (Phi) is 1.58. The van der Waals surface area contributed by atoms with Gasteiger partial charge in [-0.3, -0.25) is 4.98 Å². The molecule has 0 amide bonds. The zero-order chi connectivity index (χ0) is 8.55. The largest absolute Gasteiger partial charge is 0.256 e. The van der Waals surface area contributed by atoms with Crippen LogP contribution in [0.5, 0.6) is 0 Å². The van der Waals surface area contributed by atoms with E-state index in [9.17, 15) is 0 Å². The fourth-order valence-corrected chi connectivity index (χ4v) is 1.47. The van der Waals surface area contributed by atoms with Crippen LogP contribution in [0.1, 0.15) is 11.1 Å². The second kappa shape index (κ2) is 2.59. The third kappa shape index (κ3) is 1.07. The van der Waals surface area contributed by atoms with Gasteiger partial charge in [0.15, 0.2) is 0 Å². The first-order valence-electron chi connectivity index (χ1n) is 4.01. The molecule has 0 aliphatic heterocycles. The minimum atomic E-state index is 1.04. The predicted molar refractivity (Wildman–Crippen MR) is 50.1 cm³/mol. The molecule has 0 saturated heterocycles. The number of aryl methyl sites for hydroxylation is 2. The highest BCUT2D eigenvalue weighted by Crippen LogP contribution is 2.16. The van der Waals surface area contributed by atoms with Crippen molar-refractivity contribution >= 4 is 10.9 Å². The van der Waals surface area contributed by atoms with E-state index in [1.165, 1.54) is 11.1 Å². The van der Waals surface area contributed by atoms with E-state index in [1.54, 1.807) is 6.20 Å². The molecule has 0 fully saturated rings. The summed E-state index contributed by atoms with van der Waals surface area (Å²) in [5, 5.41) is 1.13. The number of rotatable bonds is 0. The molecule has 0 bridgehead atoms. The van der Waals surface area contributed by atoms with Crippen molar-refractivity contribution in [3.8, 4) is 0 Å². The first-order chi connectivity index (χ1) is 5.77. The van der Waals surface area contributed by atoms with Gasteiger partial charge in [-0.2, -0.15) is 0 Å². The van der Waals surface area contributed by atoms with Gasteiger partial charge >= 0.3 is 0 Å². The summed E-state index contributed by atoms with van der Waals surface area (Å²) in [7, 11) is 0. The molecule has 1 radical (unpaired) electrons. The van der Waals surface area contributed by atoms with Gasteiger partial charge in [0.1, 0.15) is 0 Å². The van der Waals surface area contributed by atoms with Crippen molar-refractivity contribution in [3.05, 3.63) is 41.6 Å². The summed E-state index contributed by atoms with van der Waals surface area (Å²) in [6, 6.07) is 9.27. The van der Waals surface area contributed by atoms with Gasteiger partial charge in [-0.25, -0.2) is 0 Å². The second-order valence-corrected chi connectivity index (χ2v) is 3.07. The molecule has 1 heteroatoms. The number of hydrogen-bond donors (Lipinski definition) is 0. The second-order valence-electron chi connectivity index (χ2n) is 3.07. The minimum absolute atomic E-state index is 1.04. The number of pyridine rings is 1. The van der Waals surface area contributed by atoms with Crippen LogP contribution >= 0.6 is 0 Å². The Morgan fingerprint density at radius 1 is 1.25 bits per heavy atom. The average Bonchev–Trinajstić information content (AvgIpc) is 2.04. The van der Waals surface area contributed by atoms with Crippen LogP contribution in [0.3, 0.4) is 0 Å². The number of benzene rings is 1. The van der Waals surface area contributed by atoms with Crippen LogP contribution < -0.4 is 0 Å². The Bertz CT molecular complexity index is 418. The van der Waals surface area contributed by atoms with Crippen molar-refractivity contribution in [3.63, 3.8) is 0 Å². The molecule has 1 aromatic heterocycles. The van der Waals surface area contributed by atoms with Crippen molar-refractivity contribution in [2.75, 3.05) is 0 Å². The lowest BCUT2D eigenvalue weighted by Crippen LogP contribution is -1.83. The normalized spacial score (nSPS) is 10.5. The SMILES string of the molecule is Cc1cc(C)c2[c]ccnc2c1. The van der Waals surface area contributed by atoms with E-state index in [4.69, 9.17) is 0 Å². The molecular formula is C11H10N. The van der Waals surface area contributed by atoms with Crippen LogP contribution in [-0.4, -0.2) is 4.98 Å². The fraction of sp³-hybridized carbons (Fsp3) is 0.182. The van der Waals surface area contributed by atoms with E-state index < -0.39 is 0 Å². The van der Waals surface area contributed by atoms with E-state index in [-0.39, 0.29) is 0 Å². The zero-order valence-electron chi connectivity index (χ0n) is 7.26. The lowest BCUT2D eigenvalue weighted by atomic mass is 10.1. The van der Waals surface area contributed by atoms with Crippen molar-refractivity contribution in [1.82, 2.24) is 4.98 Å². The molecule has 0 atom stereocenters. The van der Waals surface area contributed by atoms with Crippen molar-refractivity contribution < 1.29 is 0 Å². The minimum Gasteiger partial charge on any atom is -0.256 e. The van der Waals surface area contributed by atoms with E-state index in [0.717, 1.165) is 10.9 Å². The van der Waals surface area contributed by atoms with Crippen molar-refractivity contribution in [2.45, 2.75) is 13.8 Å². The molecule has 0 aliphatic carbocycles. The zero-order valence-corrected chi connectivity index (χ0v) is 7.26. The third-order valence-electron chi connectivity index (χ3n) is 1.97. The highest BCUT2D eigenvalue weighted by atomic mass is 14.6.